The van der Waals surface area contributed by atoms with Crippen molar-refractivity contribution in [1.29, 1.82) is 0 Å². The number of hydrogen-bond donors (Lipinski definition) is 1. The molecule has 1 amide bonds. The minimum Gasteiger partial charge on any atom is -0.467 e. The van der Waals surface area contributed by atoms with Gasteiger partial charge in [-0.1, -0.05) is 15.9 Å². The summed E-state index contributed by atoms with van der Waals surface area (Å²) in [5.74, 6) is 0.628. The van der Waals surface area contributed by atoms with E-state index in [1.807, 2.05) is 30.3 Å². The molecule has 2 heterocycles. The third kappa shape index (κ3) is 1.67. The van der Waals surface area contributed by atoms with E-state index >= 15 is 0 Å². The summed E-state index contributed by atoms with van der Waals surface area (Å²) >= 11 is 3.37. The maximum absolute atomic E-state index is 11.9. The second-order valence-electron chi connectivity index (χ2n) is 4.17. The van der Waals surface area contributed by atoms with Crippen molar-refractivity contribution in [2.45, 2.75) is 12.1 Å². The van der Waals surface area contributed by atoms with Crippen LogP contribution in [0.25, 0.3) is 0 Å². The van der Waals surface area contributed by atoms with Crippen LogP contribution in [-0.4, -0.2) is 11.9 Å². The van der Waals surface area contributed by atoms with E-state index in [4.69, 9.17) is 10.2 Å². The smallest absolute Gasteiger partial charge is 0.247 e. The largest absolute Gasteiger partial charge is 0.467 e. The van der Waals surface area contributed by atoms with Crippen molar-refractivity contribution in [3.8, 4) is 0 Å². The van der Waals surface area contributed by atoms with Gasteiger partial charge < -0.3 is 10.2 Å². The quantitative estimate of drug-likeness (QED) is 0.867. The molecule has 1 aliphatic rings. The van der Waals surface area contributed by atoms with E-state index in [0.29, 0.717) is 5.76 Å². The molecule has 1 aromatic heterocycles. The number of carbonyl (C=O) groups is 1. The third-order valence-electron chi connectivity index (χ3n) is 3.08. The van der Waals surface area contributed by atoms with Gasteiger partial charge in [0.15, 0.2) is 0 Å². The summed E-state index contributed by atoms with van der Waals surface area (Å²) in [6, 6.07) is 10.4. The summed E-state index contributed by atoms with van der Waals surface area (Å²) in [5, 5.41) is 0. The highest BCUT2D eigenvalue weighted by atomic mass is 79.9. The lowest BCUT2D eigenvalue weighted by atomic mass is 9.92. The molecule has 1 aliphatic heterocycles. The van der Waals surface area contributed by atoms with Crippen LogP contribution in [0.15, 0.2) is 51.6 Å². The number of amides is 1. The molecule has 0 spiro atoms. The average molecular weight is 307 g/mol. The molecule has 4 nitrogen and oxygen atoms in total. The Morgan fingerprint density at radius 3 is 2.56 bits per heavy atom. The average Bonchev–Trinajstić information content (AvgIpc) is 2.89. The molecule has 1 fully saturated rings. The van der Waals surface area contributed by atoms with Gasteiger partial charge >= 0.3 is 0 Å². The van der Waals surface area contributed by atoms with E-state index in [-0.39, 0.29) is 11.9 Å². The van der Waals surface area contributed by atoms with Gasteiger partial charge in [-0.2, -0.15) is 0 Å². The van der Waals surface area contributed by atoms with Gasteiger partial charge in [-0.15, -0.1) is 0 Å². The highest BCUT2D eigenvalue weighted by Crippen LogP contribution is 2.38. The monoisotopic (exact) mass is 306 g/mol. The Kier molecular flexibility index (Phi) is 2.72. The number of furan rings is 1. The minimum absolute atomic E-state index is 0.0845. The van der Waals surface area contributed by atoms with Crippen LogP contribution in [0.1, 0.15) is 11.8 Å². The molecule has 2 atom stereocenters. The Balaban J connectivity index is 1.95. The van der Waals surface area contributed by atoms with E-state index in [1.54, 1.807) is 17.2 Å². The number of rotatable bonds is 2. The van der Waals surface area contributed by atoms with Crippen LogP contribution in [0.5, 0.6) is 0 Å². The van der Waals surface area contributed by atoms with E-state index in [9.17, 15) is 4.79 Å². The van der Waals surface area contributed by atoms with Crippen molar-refractivity contribution >= 4 is 27.5 Å². The Bertz CT molecular complexity index is 565. The molecule has 92 valence electrons. The molecule has 0 saturated carbocycles. The predicted octanol–water partition coefficient (Wildman–Crippen LogP) is 2.46. The van der Waals surface area contributed by atoms with Crippen LogP contribution in [-0.2, 0) is 4.79 Å². The number of nitrogens with zero attached hydrogens (tertiary/aromatic N) is 1. The predicted molar refractivity (Wildman–Crippen MR) is 71.1 cm³/mol. The normalized spacial score (nSPS) is 23.0. The Labute approximate surface area is 113 Å². The van der Waals surface area contributed by atoms with Gasteiger partial charge in [0, 0.05) is 10.2 Å². The molecule has 0 aliphatic carbocycles. The highest BCUT2D eigenvalue weighted by molar-refractivity contribution is 9.10. The maximum Gasteiger partial charge on any atom is 0.247 e. The molecule has 0 radical (unpaired) electrons. The fourth-order valence-corrected chi connectivity index (χ4v) is 2.43. The first-order chi connectivity index (χ1) is 8.68. The zero-order chi connectivity index (χ0) is 12.7. The highest BCUT2D eigenvalue weighted by Gasteiger charge is 2.48. The second kappa shape index (κ2) is 4.26. The van der Waals surface area contributed by atoms with E-state index < -0.39 is 6.04 Å². The molecule has 3 rings (SSSR count). The molecule has 2 aromatic rings. The summed E-state index contributed by atoms with van der Waals surface area (Å²) in [7, 11) is 0. The molecule has 1 aromatic carbocycles. The van der Waals surface area contributed by atoms with Crippen molar-refractivity contribution < 1.29 is 9.21 Å². The lowest BCUT2D eigenvalue weighted by Gasteiger charge is -2.44. The molecule has 1 saturated heterocycles. The number of β-lactam (4-membered cyclic amide) rings is 1. The molecular formula is C13H11BrN2O2. The zero-order valence-electron chi connectivity index (χ0n) is 9.42. The van der Waals surface area contributed by atoms with Crippen LogP contribution in [0.2, 0.25) is 0 Å². The number of nitrogens with two attached hydrogens (primary N) is 1. The zero-order valence-corrected chi connectivity index (χ0v) is 11.0. The van der Waals surface area contributed by atoms with Gasteiger partial charge in [0.25, 0.3) is 0 Å². The fourth-order valence-electron chi connectivity index (χ4n) is 2.16. The molecular weight excluding hydrogens is 296 g/mol. The van der Waals surface area contributed by atoms with Crippen molar-refractivity contribution in [2.24, 2.45) is 5.73 Å². The first kappa shape index (κ1) is 11.5. The lowest BCUT2D eigenvalue weighted by molar-refractivity contribution is -0.126. The van der Waals surface area contributed by atoms with E-state index in [1.165, 1.54) is 0 Å². The van der Waals surface area contributed by atoms with E-state index in [0.717, 1.165) is 10.2 Å². The summed E-state index contributed by atoms with van der Waals surface area (Å²) in [6.07, 6.45) is 1.59. The SMILES string of the molecule is N[C@H]1C(=O)N(c2ccc(Br)cc2)[C@H]1c1ccco1. The third-order valence-corrected chi connectivity index (χ3v) is 3.61. The number of hydrogen-bond acceptors (Lipinski definition) is 3. The molecule has 5 heteroatoms. The summed E-state index contributed by atoms with van der Waals surface area (Å²) in [6.45, 7) is 0. The topological polar surface area (TPSA) is 59.5 Å². The standard InChI is InChI=1S/C13H11BrN2O2/c14-8-3-5-9(6-4-8)16-12(11(15)13(16)17)10-2-1-7-18-10/h1-7,11-12H,15H2/t11-,12+/m1/s1. The minimum atomic E-state index is -0.528. The number of carbonyl (C=O) groups excluding carboxylic acids is 1. The fraction of sp³-hybridized carbons (Fsp3) is 0.154. The van der Waals surface area contributed by atoms with Gasteiger partial charge in [0.2, 0.25) is 5.91 Å². The Morgan fingerprint density at radius 1 is 1.22 bits per heavy atom. The summed E-state index contributed by atoms with van der Waals surface area (Å²) in [5.41, 5.74) is 6.68. The van der Waals surface area contributed by atoms with Crippen molar-refractivity contribution in [1.82, 2.24) is 0 Å². The molecule has 2 N–H and O–H groups in total. The number of benzene rings is 1. The van der Waals surface area contributed by atoms with Crippen LogP contribution >= 0.6 is 15.9 Å². The number of halogens is 1. The van der Waals surface area contributed by atoms with Crippen molar-refractivity contribution in [2.75, 3.05) is 4.90 Å². The van der Waals surface area contributed by atoms with Gasteiger partial charge in [-0.25, -0.2) is 0 Å². The summed E-state index contributed by atoms with van der Waals surface area (Å²) in [4.78, 5) is 13.6. The molecule has 0 unspecified atom stereocenters. The number of anilines is 1. The molecule has 0 bridgehead atoms. The van der Waals surface area contributed by atoms with Gasteiger partial charge in [-0.3, -0.25) is 9.69 Å². The first-order valence-corrected chi connectivity index (χ1v) is 6.35. The van der Waals surface area contributed by atoms with Gasteiger partial charge in [0.05, 0.1) is 6.26 Å². The van der Waals surface area contributed by atoms with Crippen LogP contribution < -0.4 is 10.6 Å². The lowest BCUT2D eigenvalue weighted by Crippen LogP contribution is -2.63. The van der Waals surface area contributed by atoms with Gasteiger partial charge in [-0.05, 0) is 36.4 Å². The molecule has 18 heavy (non-hydrogen) atoms. The van der Waals surface area contributed by atoms with Crippen molar-refractivity contribution in [3.63, 3.8) is 0 Å². The van der Waals surface area contributed by atoms with Crippen LogP contribution in [0, 0.1) is 0 Å². The van der Waals surface area contributed by atoms with Crippen molar-refractivity contribution in [3.05, 3.63) is 52.9 Å². The first-order valence-electron chi connectivity index (χ1n) is 5.56. The Hall–Kier alpha value is -1.59. The summed E-state index contributed by atoms with van der Waals surface area (Å²) < 4.78 is 6.32. The second-order valence-corrected chi connectivity index (χ2v) is 5.09. The Morgan fingerprint density at radius 2 is 1.94 bits per heavy atom. The van der Waals surface area contributed by atoms with Gasteiger partial charge in [0.1, 0.15) is 17.8 Å². The van der Waals surface area contributed by atoms with Crippen LogP contribution in [0.3, 0.4) is 0 Å². The van der Waals surface area contributed by atoms with E-state index in [2.05, 4.69) is 15.9 Å². The van der Waals surface area contributed by atoms with Crippen LogP contribution in [0.4, 0.5) is 5.69 Å². The maximum atomic E-state index is 11.9.